The van der Waals surface area contributed by atoms with Crippen LogP contribution < -0.4 is 11.3 Å². The summed E-state index contributed by atoms with van der Waals surface area (Å²) in [5.74, 6) is 5.39. The Balaban J connectivity index is 1.95. The maximum absolute atomic E-state index is 13.1. The van der Waals surface area contributed by atoms with Crippen molar-refractivity contribution in [2.45, 2.75) is 25.3 Å². The predicted octanol–water partition coefficient (Wildman–Crippen LogP) is 3.60. The summed E-state index contributed by atoms with van der Waals surface area (Å²) in [6, 6.07) is 15.2. The molecule has 2 aromatic carbocycles. The Kier molecular flexibility index (Phi) is 5.71. The molecule has 106 valence electrons. The molecule has 0 fully saturated rings. The number of nitrogens with two attached hydrogens (primary N) is 1. The highest BCUT2D eigenvalue weighted by atomic mass is 79.9. The van der Waals surface area contributed by atoms with Crippen molar-refractivity contribution in [3.8, 4) is 0 Å². The van der Waals surface area contributed by atoms with Crippen LogP contribution in [0.5, 0.6) is 0 Å². The lowest BCUT2D eigenvalue weighted by atomic mass is 9.99. The van der Waals surface area contributed by atoms with Crippen LogP contribution in [0.1, 0.15) is 17.5 Å². The highest BCUT2D eigenvalue weighted by Crippen LogP contribution is 2.20. The van der Waals surface area contributed by atoms with Gasteiger partial charge in [-0.1, -0.05) is 52.3 Å². The van der Waals surface area contributed by atoms with E-state index in [1.807, 2.05) is 18.2 Å². The summed E-state index contributed by atoms with van der Waals surface area (Å²) in [6.07, 6.45) is 2.67. The fourth-order valence-corrected chi connectivity index (χ4v) is 2.70. The number of halogens is 2. The number of benzene rings is 2. The van der Waals surface area contributed by atoms with Gasteiger partial charge in [0.15, 0.2) is 0 Å². The molecule has 0 aliphatic rings. The number of nitrogens with one attached hydrogen (secondary N) is 1. The summed E-state index contributed by atoms with van der Waals surface area (Å²) in [6.45, 7) is 0. The molecule has 1 atom stereocenters. The van der Waals surface area contributed by atoms with E-state index in [0.29, 0.717) is 0 Å². The summed E-state index contributed by atoms with van der Waals surface area (Å²) in [7, 11) is 0. The first kappa shape index (κ1) is 15.2. The van der Waals surface area contributed by atoms with Crippen molar-refractivity contribution in [1.82, 2.24) is 5.43 Å². The monoisotopic (exact) mass is 336 g/mol. The molecule has 20 heavy (non-hydrogen) atoms. The van der Waals surface area contributed by atoms with Gasteiger partial charge >= 0.3 is 0 Å². The molecule has 0 saturated carbocycles. The molecule has 0 aromatic heterocycles. The predicted molar refractivity (Wildman–Crippen MR) is 83.7 cm³/mol. The molecule has 2 aromatic rings. The van der Waals surface area contributed by atoms with Gasteiger partial charge in [0.25, 0.3) is 0 Å². The fraction of sp³-hybridized carbons (Fsp3) is 0.250. The van der Waals surface area contributed by atoms with Crippen molar-refractivity contribution in [2.24, 2.45) is 5.84 Å². The van der Waals surface area contributed by atoms with Crippen LogP contribution >= 0.6 is 15.9 Å². The standard InChI is InChI=1S/C16H18BrFN2/c17-16-11-14(18)8-7-13(16)10-15(20-19)9-6-12-4-2-1-3-5-12/h1-5,7-8,11,15,20H,6,9-10,19H2. The van der Waals surface area contributed by atoms with Gasteiger partial charge in [0.2, 0.25) is 0 Å². The van der Waals surface area contributed by atoms with E-state index >= 15 is 0 Å². The third-order valence-corrected chi connectivity index (χ3v) is 4.08. The Morgan fingerprint density at radius 3 is 2.55 bits per heavy atom. The number of hydrogen-bond donors (Lipinski definition) is 2. The van der Waals surface area contributed by atoms with Gasteiger partial charge in [0.1, 0.15) is 5.82 Å². The van der Waals surface area contributed by atoms with Crippen molar-refractivity contribution in [3.05, 3.63) is 69.9 Å². The van der Waals surface area contributed by atoms with E-state index in [1.165, 1.54) is 17.7 Å². The van der Waals surface area contributed by atoms with E-state index in [1.54, 1.807) is 6.07 Å². The van der Waals surface area contributed by atoms with Crippen LogP contribution in [-0.2, 0) is 12.8 Å². The smallest absolute Gasteiger partial charge is 0.124 e. The molecule has 0 heterocycles. The van der Waals surface area contributed by atoms with E-state index in [0.717, 1.165) is 29.3 Å². The van der Waals surface area contributed by atoms with Gasteiger partial charge in [-0.25, -0.2) is 4.39 Å². The van der Waals surface area contributed by atoms with Crippen molar-refractivity contribution in [1.29, 1.82) is 0 Å². The fourth-order valence-electron chi connectivity index (χ4n) is 2.18. The SMILES string of the molecule is NNC(CCc1ccccc1)Cc1ccc(F)cc1Br. The molecule has 0 radical (unpaired) electrons. The maximum Gasteiger partial charge on any atom is 0.124 e. The summed E-state index contributed by atoms with van der Waals surface area (Å²) >= 11 is 3.39. The van der Waals surface area contributed by atoms with E-state index < -0.39 is 0 Å². The molecule has 0 aliphatic heterocycles. The lowest BCUT2D eigenvalue weighted by Crippen LogP contribution is -2.37. The molecule has 2 rings (SSSR count). The molecule has 0 amide bonds. The summed E-state index contributed by atoms with van der Waals surface area (Å²) in [5, 5.41) is 0. The molecule has 0 spiro atoms. The van der Waals surface area contributed by atoms with Crippen molar-refractivity contribution in [2.75, 3.05) is 0 Å². The van der Waals surface area contributed by atoms with Gasteiger partial charge in [-0.15, -0.1) is 0 Å². The molecule has 4 heteroatoms. The molecule has 0 saturated heterocycles. The largest absolute Gasteiger partial charge is 0.271 e. The van der Waals surface area contributed by atoms with E-state index in [-0.39, 0.29) is 11.9 Å². The molecular formula is C16H18BrFN2. The Bertz CT molecular complexity index is 545. The first-order valence-corrected chi connectivity index (χ1v) is 7.42. The van der Waals surface area contributed by atoms with Crippen molar-refractivity contribution < 1.29 is 4.39 Å². The minimum Gasteiger partial charge on any atom is -0.271 e. The second-order valence-electron chi connectivity index (χ2n) is 4.83. The normalized spacial score (nSPS) is 12.3. The minimum absolute atomic E-state index is 0.164. The summed E-state index contributed by atoms with van der Waals surface area (Å²) in [5.41, 5.74) is 5.20. The van der Waals surface area contributed by atoms with Crippen molar-refractivity contribution in [3.63, 3.8) is 0 Å². The number of aryl methyl sites for hydroxylation is 1. The Morgan fingerprint density at radius 2 is 1.90 bits per heavy atom. The number of hydrazine groups is 1. The second-order valence-corrected chi connectivity index (χ2v) is 5.68. The van der Waals surface area contributed by atoms with E-state index in [9.17, 15) is 4.39 Å². The van der Waals surface area contributed by atoms with Crippen LogP contribution in [0.25, 0.3) is 0 Å². The summed E-state index contributed by atoms with van der Waals surface area (Å²) in [4.78, 5) is 0. The van der Waals surface area contributed by atoms with Crippen molar-refractivity contribution >= 4 is 15.9 Å². The maximum atomic E-state index is 13.1. The lowest BCUT2D eigenvalue weighted by molar-refractivity contribution is 0.490. The van der Waals surface area contributed by atoms with Gasteiger partial charge in [-0.3, -0.25) is 11.3 Å². The lowest BCUT2D eigenvalue weighted by Gasteiger charge is -2.17. The van der Waals surface area contributed by atoms with Crippen LogP contribution in [0.2, 0.25) is 0 Å². The van der Waals surface area contributed by atoms with Gasteiger partial charge in [0, 0.05) is 10.5 Å². The molecule has 2 nitrogen and oxygen atoms in total. The topological polar surface area (TPSA) is 38.0 Å². The van der Waals surface area contributed by atoms with Gasteiger partial charge in [0.05, 0.1) is 0 Å². The first-order valence-electron chi connectivity index (χ1n) is 6.63. The third-order valence-electron chi connectivity index (χ3n) is 3.34. The molecule has 3 N–H and O–H groups in total. The van der Waals surface area contributed by atoms with Gasteiger partial charge in [-0.2, -0.15) is 0 Å². The third kappa shape index (κ3) is 4.40. The van der Waals surface area contributed by atoms with Crippen LogP contribution in [0.15, 0.2) is 53.0 Å². The number of hydrogen-bond acceptors (Lipinski definition) is 2. The van der Waals surface area contributed by atoms with E-state index in [2.05, 4.69) is 33.5 Å². The Labute approximate surface area is 127 Å². The highest BCUT2D eigenvalue weighted by Gasteiger charge is 2.11. The minimum atomic E-state index is -0.234. The quantitative estimate of drug-likeness (QED) is 0.624. The average Bonchev–Trinajstić information content (AvgIpc) is 2.46. The highest BCUT2D eigenvalue weighted by molar-refractivity contribution is 9.10. The first-order chi connectivity index (χ1) is 9.69. The number of rotatable bonds is 6. The average molecular weight is 337 g/mol. The summed E-state index contributed by atoms with van der Waals surface area (Å²) < 4.78 is 13.9. The molecule has 0 bridgehead atoms. The molecular weight excluding hydrogens is 319 g/mol. The zero-order valence-corrected chi connectivity index (χ0v) is 12.7. The van der Waals surface area contributed by atoms with Crippen LogP contribution in [-0.4, -0.2) is 6.04 Å². The second kappa shape index (κ2) is 7.53. The van der Waals surface area contributed by atoms with Gasteiger partial charge in [-0.05, 0) is 42.5 Å². The van der Waals surface area contributed by atoms with Crippen LogP contribution in [0, 0.1) is 5.82 Å². The molecule has 0 aliphatic carbocycles. The zero-order valence-electron chi connectivity index (χ0n) is 11.2. The zero-order chi connectivity index (χ0) is 14.4. The van der Waals surface area contributed by atoms with Crippen LogP contribution in [0.3, 0.4) is 0 Å². The van der Waals surface area contributed by atoms with Crippen LogP contribution in [0.4, 0.5) is 4.39 Å². The Hall–Kier alpha value is -1.23. The van der Waals surface area contributed by atoms with E-state index in [4.69, 9.17) is 5.84 Å². The van der Waals surface area contributed by atoms with Gasteiger partial charge < -0.3 is 0 Å². The Morgan fingerprint density at radius 1 is 1.15 bits per heavy atom. The molecule has 1 unspecified atom stereocenters.